The van der Waals surface area contributed by atoms with E-state index in [4.69, 9.17) is 16.3 Å². The number of carbonyl (C=O) groups excluding carboxylic acids is 3. The fraction of sp³-hybridized carbons (Fsp3) is 0.640. The highest BCUT2D eigenvalue weighted by atomic mass is 35.5. The SMILES string of the molecule is O=C1C[C@H](C(=O)CC2CCC(N3CCN(C4CC(OC(F)(F)F)C4)C3=O)CC2)Oc2ccc(Cl)cc21. The number of nitrogens with zero attached hydrogens (tertiary/aromatic N) is 2. The van der Waals surface area contributed by atoms with Gasteiger partial charge in [-0.05, 0) is 62.6 Å². The second-order valence-electron chi connectivity index (χ2n) is 10.2. The Balaban J connectivity index is 1.07. The van der Waals surface area contributed by atoms with Gasteiger partial charge in [-0.15, -0.1) is 13.2 Å². The minimum absolute atomic E-state index is 0.00959. The summed E-state index contributed by atoms with van der Waals surface area (Å²) in [5, 5.41) is 0.444. The average Bonchev–Trinajstić information content (AvgIpc) is 3.17. The molecule has 36 heavy (non-hydrogen) atoms. The lowest BCUT2D eigenvalue weighted by Gasteiger charge is -2.41. The van der Waals surface area contributed by atoms with Crippen LogP contribution in [0.4, 0.5) is 18.0 Å². The second-order valence-corrected chi connectivity index (χ2v) is 10.6. The van der Waals surface area contributed by atoms with E-state index in [0.29, 0.717) is 35.8 Å². The summed E-state index contributed by atoms with van der Waals surface area (Å²) < 4.78 is 46.9. The Kier molecular flexibility index (Phi) is 6.93. The number of benzene rings is 1. The van der Waals surface area contributed by atoms with Gasteiger partial charge < -0.3 is 14.5 Å². The maximum absolute atomic E-state index is 12.9. The van der Waals surface area contributed by atoms with E-state index in [9.17, 15) is 27.6 Å². The molecule has 5 rings (SSSR count). The van der Waals surface area contributed by atoms with Crippen molar-refractivity contribution in [2.24, 2.45) is 5.92 Å². The van der Waals surface area contributed by atoms with Crippen LogP contribution in [-0.2, 0) is 9.53 Å². The average molecular weight is 529 g/mol. The van der Waals surface area contributed by atoms with Gasteiger partial charge in [0.05, 0.1) is 18.1 Å². The molecule has 3 fully saturated rings. The quantitative estimate of drug-likeness (QED) is 0.519. The number of hydrogen-bond donors (Lipinski definition) is 0. The monoisotopic (exact) mass is 528 g/mol. The van der Waals surface area contributed by atoms with Gasteiger partial charge in [0.1, 0.15) is 5.75 Å². The second kappa shape index (κ2) is 9.85. The fourth-order valence-electron chi connectivity index (χ4n) is 5.88. The molecule has 1 atom stereocenters. The summed E-state index contributed by atoms with van der Waals surface area (Å²) in [6.45, 7) is 1.08. The van der Waals surface area contributed by atoms with Crippen LogP contribution in [0, 0.1) is 5.92 Å². The first-order chi connectivity index (χ1) is 17.1. The predicted octanol–water partition coefficient (Wildman–Crippen LogP) is 5.00. The molecule has 0 bridgehead atoms. The summed E-state index contributed by atoms with van der Waals surface area (Å²) in [4.78, 5) is 41.8. The van der Waals surface area contributed by atoms with Crippen LogP contribution in [0.1, 0.15) is 61.7 Å². The number of fused-ring (bicyclic) bond motifs is 1. The van der Waals surface area contributed by atoms with E-state index in [1.165, 1.54) is 0 Å². The Morgan fingerprint density at radius 2 is 1.72 bits per heavy atom. The number of carbonyl (C=O) groups is 3. The van der Waals surface area contributed by atoms with Gasteiger partial charge in [0.2, 0.25) is 0 Å². The molecule has 1 saturated heterocycles. The summed E-state index contributed by atoms with van der Waals surface area (Å²) in [5.41, 5.74) is 0.404. The highest BCUT2D eigenvalue weighted by Crippen LogP contribution is 2.38. The Bertz CT molecular complexity index is 1040. The zero-order valence-corrected chi connectivity index (χ0v) is 20.4. The minimum Gasteiger partial charge on any atom is -0.481 e. The van der Waals surface area contributed by atoms with Crippen molar-refractivity contribution in [3.05, 3.63) is 28.8 Å². The smallest absolute Gasteiger partial charge is 0.481 e. The van der Waals surface area contributed by atoms with Crippen LogP contribution >= 0.6 is 11.6 Å². The van der Waals surface area contributed by atoms with Gasteiger partial charge in [0.25, 0.3) is 0 Å². The number of rotatable bonds is 6. The molecular formula is C25H28ClF3N2O5. The molecule has 2 heterocycles. The number of Topliss-reactive ketones (excluding diaryl/α,β-unsaturated/α-hetero) is 2. The van der Waals surface area contributed by atoms with Gasteiger partial charge in [-0.25, -0.2) is 4.79 Å². The number of urea groups is 1. The van der Waals surface area contributed by atoms with E-state index in [1.807, 2.05) is 4.90 Å². The molecular weight excluding hydrogens is 501 g/mol. The summed E-state index contributed by atoms with van der Waals surface area (Å²) in [6.07, 6.45) is -2.43. The molecule has 0 unspecified atom stereocenters. The molecule has 2 saturated carbocycles. The standard InChI is InChI=1S/C25H28ClF3N2O5/c26-15-3-6-22-19(10-15)20(32)13-23(35-22)21(33)9-14-1-4-16(5-2-14)30-7-8-31(24(30)34)17-11-18(12-17)36-25(27,28)29/h3,6,10,14,16-18,23H,1-2,4-5,7-9,11-13H2/t14?,16?,17?,18?,23-/m1/s1. The van der Waals surface area contributed by atoms with Gasteiger partial charge in [0, 0.05) is 36.6 Å². The largest absolute Gasteiger partial charge is 0.522 e. The van der Waals surface area contributed by atoms with Crippen LogP contribution in [0.15, 0.2) is 18.2 Å². The maximum atomic E-state index is 12.9. The van der Waals surface area contributed by atoms with Gasteiger partial charge in [-0.3, -0.25) is 14.3 Å². The third kappa shape index (κ3) is 5.34. The van der Waals surface area contributed by atoms with E-state index in [-0.39, 0.29) is 54.9 Å². The van der Waals surface area contributed by atoms with Crippen molar-refractivity contribution in [2.75, 3.05) is 13.1 Å². The summed E-state index contributed by atoms with van der Waals surface area (Å²) in [7, 11) is 0. The number of ether oxygens (including phenoxy) is 2. The Hall–Kier alpha value is -2.33. The molecule has 0 spiro atoms. The van der Waals surface area contributed by atoms with Crippen molar-refractivity contribution in [1.82, 2.24) is 9.80 Å². The van der Waals surface area contributed by atoms with Gasteiger partial charge in [-0.2, -0.15) is 0 Å². The minimum atomic E-state index is -4.64. The summed E-state index contributed by atoms with van der Waals surface area (Å²) in [5.74, 6) is 0.314. The van der Waals surface area contributed by atoms with Crippen molar-refractivity contribution in [3.8, 4) is 5.75 Å². The predicted molar refractivity (Wildman–Crippen MR) is 123 cm³/mol. The zero-order chi connectivity index (χ0) is 25.6. The van der Waals surface area contributed by atoms with Gasteiger partial charge in [0.15, 0.2) is 17.7 Å². The number of hydrogen-bond acceptors (Lipinski definition) is 5. The van der Waals surface area contributed by atoms with Crippen LogP contribution in [0.2, 0.25) is 5.02 Å². The van der Waals surface area contributed by atoms with Crippen LogP contribution in [0.3, 0.4) is 0 Å². The van der Waals surface area contributed by atoms with Crippen LogP contribution in [-0.4, -0.2) is 71.1 Å². The fourth-order valence-corrected chi connectivity index (χ4v) is 6.05. The third-order valence-corrected chi connectivity index (χ3v) is 8.11. The Labute approximate surface area is 211 Å². The highest BCUT2D eigenvalue weighted by Gasteiger charge is 2.46. The normalized spacial score (nSPS) is 30.6. The molecule has 0 N–H and O–H groups in total. The molecule has 4 aliphatic rings. The topological polar surface area (TPSA) is 76.2 Å². The first-order valence-corrected chi connectivity index (χ1v) is 12.8. The van der Waals surface area contributed by atoms with E-state index in [1.54, 1.807) is 23.1 Å². The molecule has 1 aromatic rings. The number of halogens is 4. The molecule has 1 aromatic carbocycles. The zero-order valence-electron chi connectivity index (χ0n) is 19.6. The van der Waals surface area contributed by atoms with Crippen LogP contribution in [0.5, 0.6) is 5.75 Å². The molecule has 2 aliphatic carbocycles. The lowest BCUT2D eigenvalue weighted by Crippen LogP contribution is -2.51. The number of alkyl halides is 3. The molecule has 2 amide bonds. The third-order valence-electron chi connectivity index (χ3n) is 7.87. The van der Waals surface area contributed by atoms with Crippen LogP contribution < -0.4 is 4.74 Å². The van der Waals surface area contributed by atoms with Crippen molar-refractivity contribution in [1.29, 1.82) is 0 Å². The molecule has 0 radical (unpaired) electrons. The van der Waals surface area contributed by atoms with Crippen molar-refractivity contribution in [3.63, 3.8) is 0 Å². The maximum Gasteiger partial charge on any atom is 0.522 e. The van der Waals surface area contributed by atoms with E-state index >= 15 is 0 Å². The Morgan fingerprint density at radius 3 is 2.39 bits per heavy atom. The van der Waals surface area contributed by atoms with Crippen molar-refractivity contribution < 1.29 is 37.0 Å². The van der Waals surface area contributed by atoms with Crippen LogP contribution in [0.25, 0.3) is 0 Å². The molecule has 0 aromatic heterocycles. The number of ketones is 2. The first-order valence-electron chi connectivity index (χ1n) is 12.4. The molecule has 2 aliphatic heterocycles. The van der Waals surface area contributed by atoms with Crippen molar-refractivity contribution in [2.45, 2.75) is 82.0 Å². The number of amides is 2. The van der Waals surface area contributed by atoms with Crippen molar-refractivity contribution >= 4 is 29.2 Å². The first kappa shape index (κ1) is 25.3. The highest BCUT2D eigenvalue weighted by molar-refractivity contribution is 6.31. The summed E-state index contributed by atoms with van der Waals surface area (Å²) in [6, 6.07) is 4.55. The molecule has 7 nitrogen and oxygen atoms in total. The van der Waals surface area contributed by atoms with Gasteiger partial charge >= 0.3 is 12.4 Å². The molecule has 196 valence electrons. The van der Waals surface area contributed by atoms with E-state index in [0.717, 1.165) is 25.7 Å². The Morgan fingerprint density at radius 1 is 1.06 bits per heavy atom. The lowest BCUT2D eigenvalue weighted by atomic mass is 9.81. The van der Waals surface area contributed by atoms with E-state index in [2.05, 4.69) is 4.74 Å². The van der Waals surface area contributed by atoms with E-state index < -0.39 is 18.6 Å². The lowest BCUT2D eigenvalue weighted by molar-refractivity contribution is -0.353. The van der Waals surface area contributed by atoms with Gasteiger partial charge in [-0.1, -0.05) is 11.6 Å². The summed E-state index contributed by atoms with van der Waals surface area (Å²) >= 11 is 5.95. The molecule has 11 heteroatoms.